The van der Waals surface area contributed by atoms with Gasteiger partial charge in [0.05, 0.1) is 9.79 Å². The Morgan fingerprint density at radius 1 is 0.677 bits per heavy atom. The Hall–Kier alpha value is -2.43. The Balaban J connectivity index is 1.60. The molecule has 0 unspecified atom stereocenters. The predicted octanol–water partition coefficient (Wildman–Crippen LogP) is 2.83. The molecule has 0 atom stereocenters. The molecule has 170 valence electrons. The van der Waals surface area contributed by atoms with Crippen molar-refractivity contribution in [2.45, 2.75) is 49.3 Å². The molecule has 0 saturated heterocycles. The number of carbonyl (C=O) groups is 1. The van der Waals surface area contributed by atoms with E-state index in [1.54, 1.807) is 36.4 Å². The second kappa shape index (κ2) is 11.3. The first-order valence-corrected chi connectivity index (χ1v) is 13.0. The third-order valence-electron chi connectivity index (χ3n) is 4.57. The zero-order valence-corrected chi connectivity index (χ0v) is 19.4. The maximum atomic E-state index is 12.2. The van der Waals surface area contributed by atoms with Gasteiger partial charge < -0.3 is 5.32 Å². The van der Waals surface area contributed by atoms with Gasteiger partial charge in [0.25, 0.3) is 10.0 Å². The van der Waals surface area contributed by atoms with Gasteiger partial charge in [0.2, 0.25) is 10.0 Å². The highest BCUT2D eigenvalue weighted by Crippen LogP contribution is 2.11. The Morgan fingerprint density at radius 2 is 1.13 bits per heavy atom. The minimum atomic E-state index is -3.90. The fourth-order valence-electron chi connectivity index (χ4n) is 2.75. The van der Waals surface area contributed by atoms with Crippen molar-refractivity contribution in [2.75, 3.05) is 13.1 Å². The van der Waals surface area contributed by atoms with Crippen LogP contribution in [0.3, 0.4) is 0 Å². The lowest BCUT2D eigenvalue weighted by Gasteiger charge is -2.09. The van der Waals surface area contributed by atoms with E-state index in [1.807, 2.05) is 18.6 Å². The van der Waals surface area contributed by atoms with Gasteiger partial charge in [-0.05, 0) is 51.0 Å². The highest BCUT2D eigenvalue weighted by Gasteiger charge is 2.17. The van der Waals surface area contributed by atoms with E-state index < -0.39 is 26.1 Å². The number of hydrogen-bond donors (Lipinski definition) is 3. The number of urea groups is 1. The number of aryl methyl sites for hydroxylation is 2. The van der Waals surface area contributed by atoms with Crippen LogP contribution >= 0.6 is 0 Å². The fourth-order valence-corrected chi connectivity index (χ4v) is 4.75. The standard InChI is InChI=1S/C21H29N3O5S2/c1-17-7-11-19(12-8-17)30(26,27)23-16-6-4-3-5-15-22-21(25)24-31(28,29)20-13-9-18(2)10-14-20/h7-14,23H,3-6,15-16H2,1-2H3,(H2,22,24,25). The summed E-state index contributed by atoms with van der Waals surface area (Å²) >= 11 is 0. The summed E-state index contributed by atoms with van der Waals surface area (Å²) in [6, 6.07) is 12.1. The van der Waals surface area contributed by atoms with Crippen LogP contribution in [-0.4, -0.2) is 36.0 Å². The molecule has 0 aliphatic rings. The van der Waals surface area contributed by atoms with Gasteiger partial charge in [-0.2, -0.15) is 0 Å². The molecule has 0 heterocycles. The van der Waals surface area contributed by atoms with Crippen molar-refractivity contribution in [2.24, 2.45) is 0 Å². The second-order valence-corrected chi connectivity index (χ2v) is 10.7. The van der Waals surface area contributed by atoms with Crippen molar-refractivity contribution in [1.82, 2.24) is 14.8 Å². The van der Waals surface area contributed by atoms with Crippen molar-refractivity contribution in [3.63, 3.8) is 0 Å². The maximum Gasteiger partial charge on any atom is 0.328 e. The lowest BCUT2D eigenvalue weighted by atomic mass is 10.2. The van der Waals surface area contributed by atoms with Crippen molar-refractivity contribution >= 4 is 26.1 Å². The third-order valence-corrected chi connectivity index (χ3v) is 7.39. The summed E-state index contributed by atoms with van der Waals surface area (Å²) in [5.74, 6) is 0. The van der Waals surface area contributed by atoms with E-state index in [0.717, 1.165) is 24.0 Å². The quantitative estimate of drug-likeness (QED) is 0.439. The summed E-state index contributed by atoms with van der Waals surface area (Å²) in [5, 5.41) is 2.52. The molecular weight excluding hydrogens is 438 g/mol. The van der Waals surface area contributed by atoms with Crippen LogP contribution in [0.5, 0.6) is 0 Å². The first-order valence-electron chi connectivity index (χ1n) is 10.0. The first kappa shape index (κ1) is 24.8. The molecule has 2 aromatic carbocycles. The molecule has 0 saturated carbocycles. The smallest absolute Gasteiger partial charge is 0.328 e. The van der Waals surface area contributed by atoms with E-state index >= 15 is 0 Å². The summed E-state index contributed by atoms with van der Waals surface area (Å²) in [6.07, 6.45) is 2.88. The minimum Gasteiger partial charge on any atom is -0.337 e. The number of carbonyl (C=O) groups excluding carboxylic acids is 1. The number of hydrogen-bond acceptors (Lipinski definition) is 5. The number of sulfonamides is 2. The molecule has 2 amide bonds. The summed E-state index contributed by atoms with van der Waals surface area (Å²) in [5.41, 5.74) is 1.92. The average molecular weight is 468 g/mol. The predicted molar refractivity (Wildman–Crippen MR) is 120 cm³/mol. The topological polar surface area (TPSA) is 121 Å². The van der Waals surface area contributed by atoms with E-state index in [0.29, 0.717) is 25.9 Å². The van der Waals surface area contributed by atoms with Crippen LogP contribution in [0.25, 0.3) is 0 Å². The van der Waals surface area contributed by atoms with Crippen LogP contribution in [0.15, 0.2) is 58.3 Å². The summed E-state index contributed by atoms with van der Waals surface area (Å²) in [7, 11) is -7.40. The lowest BCUT2D eigenvalue weighted by molar-refractivity contribution is 0.245. The molecule has 2 aromatic rings. The van der Waals surface area contributed by atoms with E-state index in [9.17, 15) is 21.6 Å². The molecule has 8 nitrogen and oxygen atoms in total. The largest absolute Gasteiger partial charge is 0.337 e. The van der Waals surface area contributed by atoms with Crippen molar-refractivity contribution in [3.8, 4) is 0 Å². The number of amides is 2. The van der Waals surface area contributed by atoms with E-state index in [-0.39, 0.29) is 9.79 Å². The Bertz CT molecular complexity index is 1070. The van der Waals surface area contributed by atoms with Crippen molar-refractivity contribution in [3.05, 3.63) is 59.7 Å². The van der Waals surface area contributed by atoms with E-state index in [1.165, 1.54) is 12.1 Å². The molecule has 0 aliphatic heterocycles. The fraction of sp³-hybridized carbons (Fsp3) is 0.381. The minimum absolute atomic E-state index is 0.0290. The number of unbranched alkanes of at least 4 members (excludes halogenated alkanes) is 3. The van der Waals surface area contributed by atoms with Crippen LogP contribution in [0.1, 0.15) is 36.8 Å². The second-order valence-electron chi connectivity index (χ2n) is 7.30. The van der Waals surface area contributed by atoms with Crippen molar-refractivity contribution in [1.29, 1.82) is 0 Å². The van der Waals surface area contributed by atoms with Gasteiger partial charge in [-0.15, -0.1) is 0 Å². The summed E-state index contributed by atoms with van der Waals surface area (Å²) < 4.78 is 53.2. The normalized spacial score (nSPS) is 11.8. The number of nitrogens with one attached hydrogen (secondary N) is 3. The Labute approximate surface area is 184 Å². The molecule has 2 rings (SSSR count). The van der Waals surface area contributed by atoms with Crippen molar-refractivity contribution < 1.29 is 21.6 Å². The maximum absolute atomic E-state index is 12.2. The van der Waals surface area contributed by atoms with Gasteiger partial charge in [-0.1, -0.05) is 48.2 Å². The lowest BCUT2D eigenvalue weighted by Crippen LogP contribution is -2.39. The van der Waals surface area contributed by atoms with Gasteiger partial charge >= 0.3 is 6.03 Å². The van der Waals surface area contributed by atoms with Crippen LogP contribution in [0.2, 0.25) is 0 Å². The van der Waals surface area contributed by atoms with E-state index in [2.05, 4.69) is 10.0 Å². The first-order chi connectivity index (χ1) is 14.6. The highest BCUT2D eigenvalue weighted by molar-refractivity contribution is 7.90. The molecule has 3 N–H and O–H groups in total. The van der Waals surface area contributed by atoms with Gasteiger partial charge in [-0.3, -0.25) is 0 Å². The Morgan fingerprint density at radius 3 is 1.65 bits per heavy atom. The molecule has 0 fully saturated rings. The number of benzene rings is 2. The molecule has 0 radical (unpaired) electrons. The summed E-state index contributed by atoms with van der Waals surface area (Å²) in [6.45, 7) is 4.39. The van der Waals surface area contributed by atoms with Gasteiger partial charge in [0.15, 0.2) is 0 Å². The van der Waals surface area contributed by atoms with Gasteiger partial charge in [-0.25, -0.2) is 31.1 Å². The van der Waals surface area contributed by atoms with Gasteiger partial charge in [0, 0.05) is 13.1 Å². The SMILES string of the molecule is Cc1ccc(S(=O)(=O)NCCCCCCNC(=O)NS(=O)(=O)c2ccc(C)cc2)cc1. The molecule has 31 heavy (non-hydrogen) atoms. The molecule has 0 aliphatic carbocycles. The molecule has 0 bridgehead atoms. The number of rotatable bonds is 11. The van der Waals surface area contributed by atoms with E-state index in [4.69, 9.17) is 0 Å². The van der Waals surface area contributed by atoms with Gasteiger partial charge in [0.1, 0.15) is 0 Å². The molecule has 0 aromatic heterocycles. The van der Waals surface area contributed by atoms with Crippen LogP contribution in [0, 0.1) is 13.8 Å². The summed E-state index contributed by atoms with van der Waals surface area (Å²) in [4.78, 5) is 12.1. The third kappa shape index (κ3) is 8.31. The van der Waals surface area contributed by atoms with Crippen LogP contribution in [0.4, 0.5) is 4.79 Å². The molecule has 0 spiro atoms. The van der Waals surface area contributed by atoms with Crippen LogP contribution < -0.4 is 14.8 Å². The average Bonchev–Trinajstić information content (AvgIpc) is 2.70. The Kier molecular flexibility index (Phi) is 9.02. The zero-order valence-electron chi connectivity index (χ0n) is 17.7. The highest BCUT2D eigenvalue weighted by atomic mass is 32.2. The molecule has 10 heteroatoms. The zero-order chi connectivity index (χ0) is 22.9. The molecular formula is C21H29N3O5S2. The van der Waals surface area contributed by atoms with Crippen LogP contribution in [-0.2, 0) is 20.0 Å². The monoisotopic (exact) mass is 467 g/mol.